The molecule has 4 nitrogen and oxygen atoms in total. The summed E-state index contributed by atoms with van der Waals surface area (Å²) < 4.78 is 0. The molecule has 0 bridgehead atoms. The highest BCUT2D eigenvalue weighted by Crippen LogP contribution is 2.18. The van der Waals surface area contributed by atoms with Crippen molar-refractivity contribution < 1.29 is 0 Å². The van der Waals surface area contributed by atoms with Crippen LogP contribution in [0, 0.1) is 11.3 Å². The fraction of sp³-hybridized carbons (Fsp3) is 0.105. The van der Waals surface area contributed by atoms with E-state index in [1.807, 2.05) is 48.5 Å². The quantitative estimate of drug-likeness (QED) is 0.781. The molecule has 3 aromatic rings. The van der Waals surface area contributed by atoms with Gasteiger partial charge in [0.2, 0.25) is 5.95 Å². The fourth-order valence-corrected chi connectivity index (χ4v) is 2.30. The molecule has 1 aromatic heterocycles. The summed E-state index contributed by atoms with van der Waals surface area (Å²) in [5, 5.41) is 12.4. The second-order valence-corrected chi connectivity index (χ2v) is 5.10. The van der Waals surface area contributed by atoms with Crippen molar-refractivity contribution in [1.29, 1.82) is 5.26 Å². The highest BCUT2D eigenvalue weighted by Gasteiger charge is 2.06. The lowest BCUT2D eigenvalue weighted by Crippen LogP contribution is -2.09. The second kappa shape index (κ2) is 7.19. The van der Waals surface area contributed by atoms with E-state index in [0.717, 1.165) is 17.7 Å². The summed E-state index contributed by atoms with van der Waals surface area (Å²) in [5.41, 5.74) is 3.33. The molecule has 4 heteroatoms. The van der Waals surface area contributed by atoms with Crippen molar-refractivity contribution in [3.05, 3.63) is 78.0 Å². The SMILES string of the molecule is N#Cc1cc(-c2ccccc2)nc(NCCc2ccccc2)n1. The molecule has 0 spiro atoms. The van der Waals surface area contributed by atoms with Crippen LogP contribution in [0.3, 0.4) is 0 Å². The first-order valence-electron chi connectivity index (χ1n) is 7.47. The van der Waals surface area contributed by atoms with Crippen LogP contribution in [-0.2, 0) is 6.42 Å². The van der Waals surface area contributed by atoms with E-state index in [0.29, 0.717) is 18.2 Å². The van der Waals surface area contributed by atoms with Crippen LogP contribution < -0.4 is 5.32 Å². The summed E-state index contributed by atoms with van der Waals surface area (Å²) in [6, 6.07) is 23.8. The van der Waals surface area contributed by atoms with Gasteiger partial charge < -0.3 is 5.32 Å². The average Bonchev–Trinajstić information content (AvgIpc) is 2.63. The number of anilines is 1. The molecule has 0 saturated heterocycles. The van der Waals surface area contributed by atoms with Crippen LogP contribution in [0.15, 0.2) is 66.7 Å². The van der Waals surface area contributed by atoms with Gasteiger partial charge in [-0.2, -0.15) is 5.26 Å². The number of aromatic nitrogens is 2. The molecule has 0 aliphatic rings. The highest BCUT2D eigenvalue weighted by molar-refractivity contribution is 5.61. The summed E-state index contributed by atoms with van der Waals surface area (Å²) in [5.74, 6) is 0.485. The predicted molar refractivity (Wildman–Crippen MR) is 90.8 cm³/mol. The minimum Gasteiger partial charge on any atom is -0.354 e. The molecular formula is C19H16N4. The van der Waals surface area contributed by atoms with Crippen LogP contribution in [0.1, 0.15) is 11.3 Å². The number of hydrogen-bond acceptors (Lipinski definition) is 4. The Labute approximate surface area is 135 Å². The van der Waals surface area contributed by atoms with Crippen molar-refractivity contribution in [3.63, 3.8) is 0 Å². The number of rotatable bonds is 5. The van der Waals surface area contributed by atoms with Crippen molar-refractivity contribution in [1.82, 2.24) is 9.97 Å². The molecule has 112 valence electrons. The first-order valence-corrected chi connectivity index (χ1v) is 7.47. The van der Waals surface area contributed by atoms with Crippen molar-refractivity contribution in [2.75, 3.05) is 11.9 Å². The van der Waals surface area contributed by atoms with Gasteiger partial charge in [-0.3, -0.25) is 0 Å². The summed E-state index contributed by atoms with van der Waals surface area (Å²) in [6.45, 7) is 0.715. The fourth-order valence-electron chi connectivity index (χ4n) is 2.30. The number of nitriles is 1. The molecule has 2 aromatic carbocycles. The lowest BCUT2D eigenvalue weighted by Gasteiger charge is -2.08. The second-order valence-electron chi connectivity index (χ2n) is 5.10. The van der Waals surface area contributed by atoms with Gasteiger partial charge in [0.05, 0.1) is 5.69 Å². The van der Waals surface area contributed by atoms with Crippen LogP contribution in [0.25, 0.3) is 11.3 Å². The Hall–Kier alpha value is -3.19. The van der Waals surface area contributed by atoms with Crippen LogP contribution in [0.4, 0.5) is 5.95 Å². The molecule has 0 saturated carbocycles. The monoisotopic (exact) mass is 300 g/mol. The maximum Gasteiger partial charge on any atom is 0.224 e. The molecule has 23 heavy (non-hydrogen) atoms. The Morgan fingerprint density at radius 3 is 2.30 bits per heavy atom. The van der Waals surface area contributed by atoms with E-state index in [9.17, 15) is 0 Å². The molecular weight excluding hydrogens is 284 g/mol. The number of hydrogen-bond donors (Lipinski definition) is 1. The largest absolute Gasteiger partial charge is 0.354 e. The van der Waals surface area contributed by atoms with Gasteiger partial charge >= 0.3 is 0 Å². The van der Waals surface area contributed by atoms with E-state index in [4.69, 9.17) is 5.26 Å². The third-order valence-electron chi connectivity index (χ3n) is 3.45. The van der Waals surface area contributed by atoms with Gasteiger partial charge in [-0.25, -0.2) is 9.97 Å². The molecule has 0 amide bonds. The van der Waals surface area contributed by atoms with Crippen LogP contribution >= 0.6 is 0 Å². The van der Waals surface area contributed by atoms with Gasteiger partial charge in [0, 0.05) is 18.2 Å². The zero-order valence-electron chi connectivity index (χ0n) is 12.6. The molecule has 3 rings (SSSR count). The maximum absolute atomic E-state index is 9.17. The van der Waals surface area contributed by atoms with Crippen molar-refractivity contribution in [3.8, 4) is 17.3 Å². The van der Waals surface area contributed by atoms with Crippen molar-refractivity contribution in [2.24, 2.45) is 0 Å². The van der Waals surface area contributed by atoms with Crippen molar-refractivity contribution in [2.45, 2.75) is 6.42 Å². The first-order chi connectivity index (χ1) is 11.3. The van der Waals surface area contributed by atoms with Gasteiger partial charge in [-0.15, -0.1) is 0 Å². The van der Waals surface area contributed by atoms with E-state index in [1.54, 1.807) is 6.07 Å². The molecule has 0 unspecified atom stereocenters. The standard InChI is InChI=1S/C19H16N4/c20-14-17-13-18(16-9-5-2-6-10-16)23-19(22-17)21-12-11-15-7-3-1-4-8-15/h1-10,13H,11-12H2,(H,21,22,23). The van der Waals surface area contributed by atoms with E-state index >= 15 is 0 Å². The first kappa shape index (κ1) is 14.7. The van der Waals surface area contributed by atoms with Gasteiger partial charge in [-0.1, -0.05) is 60.7 Å². The Morgan fingerprint density at radius 1 is 0.913 bits per heavy atom. The summed E-state index contributed by atoms with van der Waals surface area (Å²) in [6.07, 6.45) is 0.877. The number of nitrogens with zero attached hydrogens (tertiary/aromatic N) is 3. The minimum absolute atomic E-state index is 0.362. The summed E-state index contributed by atoms with van der Waals surface area (Å²) in [7, 11) is 0. The third kappa shape index (κ3) is 3.92. The Bertz CT molecular complexity index is 808. The summed E-state index contributed by atoms with van der Waals surface area (Å²) >= 11 is 0. The zero-order chi connectivity index (χ0) is 15.9. The molecule has 0 fully saturated rings. The lowest BCUT2D eigenvalue weighted by atomic mass is 10.1. The Kier molecular flexibility index (Phi) is 4.61. The zero-order valence-corrected chi connectivity index (χ0v) is 12.6. The lowest BCUT2D eigenvalue weighted by molar-refractivity contribution is 0.982. The minimum atomic E-state index is 0.362. The summed E-state index contributed by atoms with van der Waals surface area (Å²) in [4.78, 5) is 8.73. The van der Waals surface area contributed by atoms with Gasteiger partial charge in [0.1, 0.15) is 11.8 Å². The molecule has 0 aliphatic heterocycles. The maximum atomic E-state index is 9.17. The van der Waals surface area contributed by atoms with E-state index in [-0.39, 0.29) is 0 Å². The topological polar surface area (TPSA) is 61.6 Å². The van der Waals surface area contributed by atoms with E-state index < -0.39 is 0 Å². The van der Waals surface area contributed by atoms with Crippen LogP contribution in [0.2, 0.25) is 0 Å². The molecule has 0 aliphatic carbocycles. The molecule has 1 N–H and O–H groups in total. The van der Waals surface area contributed by atoms with Gasteiger partial charge in [0.25, 0.3) is 0 Å². The predicted octanol–water partition coefficient (Wildman–Crippen LogP) is 3.67. The van der Waals surface area contributed by atoms with E-state index in [2.05, 4.69) is 33.5 Å². The smallest absolute Gasteiger partial charge is 0.224 e. The van der Waals surface area contributed by atoms with Crippen LogP contribution in [0.5, 0.6) is 0 Å². The number of nitrogens with one attached hydrogen (secondary N) is 1. The van der Waals surface area contributed by atoms with Crippen LogP contribution in [-0.4, -0.2) is 16.5 Å². The number of benzene rings is 2. The van der Waals surface area contributed by atoms with Gasteiger partial charge in [-0.05, 0) is 12.0 Å². The molecule has 0 atom stereocenters. The van der Waals surface area contributed by atoms with E-state index in [1.165, 1.54) is 5.56 Å². The molecule has 1 heterocycles. The molecule has 0 radical (unpaired) electrons. The highest BCUT2D eigenvalue weighted by atomic mass is 15.1. The average molecular weight is 300 g/mol. The Balaban J connectivity index is 1.75. The normalized spacial score (nSPS) is 10.0. The van der Waals surface area contributed by atoms with Gasteiger partial charge in [0.15, 0.2) is 0 Å². The Morgan fingerprint density at radius 2 is 1.61 bits per heavy atom. The van der Waals surface area contributed by atoms with Crippen molar-refractivity contribution >= 4 is 5.95 Å². The third-order valence-corrected chi connectivity index (χ3v) is 3.45.